The van der Waals surface area contributed by atoms with E-state index in [0.717, 1.165) is 44.6 Å². The number of piperidine rings is 1. The van der Waals surface area contributed by atoms with Crippen molar-refractivity contribution in [2.75, 3.05) is 24.4 Å². The van der Waals surface area contributed by atoms with Crippen LogP contribution in [0.15, 0.2) is 29.8 Å². The number of rotatable bonds is 5. The Bertz CT molecular complexity index is 842. The van der Waals surface area contributed by atoms with Crippen molar-refractivity contribution in [3.05, 3.63) is 46.2 Å². The molecule has 0 N–H and O–H groups in total. The summed E-state index contributed by atoms with van der Waals surface area (Å²) in [5, 5.41) is 0. The van der Waals surface area contributed by atoms with Crippen LogP contribution in [0, 0.1) is 11.7 Å². The van der Waals surface area contributed by atoms with E-state index in [9.17, 15) is 4.39 Å². The lowest BCUT2D eigenvalue weighted by molar-refractivity contribution is 0.0991. The normalized spacial score (nSPS) is 26.1. The summed E-state index contributed by atoms with van der Waals surface area (Å²) in [6.07, 6.45) is 3.26. The van der Waals surface area contributed by atoms with Crippen LogP contribution in [-0.2, 0) is 13.0 Å². The largest absolute Gasteiger partial charge is 0.296 e. The highest BCUT2D eigenvalue weighted by Crippen LogP contribution is 2.46. The first-order valence-electron chi connectivity index (χ1n) is 10.5. The topological polar surface area (TPSA) is 22.6 Å². The summed E-state index contributed by atoms with van der Waals surface area (Å²) in [5.74, 6) is 0.488. The van der Waals surface area contributed by atoms with Gasteiger partial charge in [0, 0.05) is 42.7 Å². The van der Waals surface area contributed by atoms with Crippen molar-refractivity contribution in [3.63, 3.8) is 0 Å². The van der Waals surface area contributed by atoms with Crippen LogP contribution in [0.2, 0.25) is 0 Å². The monoisotopic (exact) mass is 434 g/mol. The summed E-state index contributed by atoms with van der Waals surface area (Å²) in [4.78, 5) is 8.70. The maximum absolute atomic E-state index is 13.9. The summed E-state index contributed by atoms with van der Waals surface area (Å²) >= 11 is 3.52. The van der Waals surface area contributed by atoms with Crippen molar-refractivity contribution in [1.82, 2.24) is 14.2 Å². The minimum atomic E-state index is -0.167. The second kappa shape index (κ2) is 8.53. The molecule has 1 aromatic carbocycles. The Morgan fingerprint density at radius 3 is 2.90 bits per heavy atom. The van der Waals surface area contributed by atoms with Gasteiger partial charge in [-0.2, -0.15) is 0 Å². The van der Waals surface area contributed by atoms with Crippen molar-refractivity contribution in [3.8, 4) is 0 Å². The van der Waals surface area contributed by atoms with Gasteiger partial charge in [0.15, 0.2) is 0 Å². The van der Waals surface area contributed by atoms with Gasteiger partial charge in [-0.05, 0) is 57.4 Å². The summed E-state index contributed by atoms with van der Waals surface area (Å²) < 4.78 is 18.5. The molecule has 0 aliphatic carbocycles. The molecule has 1 aromatic heterocycles. The van der Waals surface area contributed by atoms with E-state index in [1.54, 1.807) is 29.5 Å². The predicted octanol–water partition coefficient (Wildman–Crippen LogP) is 5.22. The zero-order valence-electron chi connectivity index (χ0n) is 17.8. The molecule has 0 bridgehead atoms. The fraction of sp³-hybridized carbons (Fsp3) is 0.591. The molecule has 7 heteroatoms. The summed E-state index contributed by atoms with van der Waals surface area (Å²) in [6, 6.07) is 7.49. The van der Waals surface area contributed by atoms with E-state index in [1.165, 1.54) is 16.6 Å². The predicted molar refractivity (Wildman–Crippen MR) is 122 cm³/mol. The lowest BCUT2D eigenvalue weighted by Gasteiger charge is -2.47. The summed E-state index contributed by atoms with van der Waals surface area (Å²) in [6.45, 7) is 9.85. The van der Waals surface area contributed by atoms with Gasteiger partial charge in [0.1, 0.15) is 5.82 Å². The number of anilines is 1. The number of hydrogen-bond acceptors (Lipinski definition) is 6. The molecular weight excluding hydrogens is 403 g/mol. The number of nitrogens with zero attached hydrogens (tertiary/aromatic N) is 4. The molecule has 2 aliphatic heterocycles. The molecule has 2 aliphatic rings. The molecule has 0 amide bonds. The van der Waals surface area contributed by atoms with Crippen LogP contribution >= 0.6 is 23.5 Å². The molecule has 2 atom stereocenters. The van der Waals surface area contributed by atoms with Gasteiger partial charge in [0.2, 0.25) is 0 Å². The molecular formula is C22H31FN4S2. The first-order valence-corrected chi connectivity index (χ1v) is 12.1. The Morgan fingerprint density at radius 2 is 2.17 bits per heavy atom. The Hall–Kier alpha value is -1.15. The fourth-order valence-electron chi connectivity index (χ4n) is 4.72. The molecule has 3 heterocycles. The van der Waals surface area contributed by atoms with E-state index in [0.29, 0.717) is 12.0 Å². The Kier molecular flexibility index (Phi) is 6.21. The van der Waals surface area contributed by atoms with Crippen molar-refractivity contribution >= 4 is 29.2 Å². The summed E-state index contributed by atoms with van der Waals surface area (Å²) in [5.41, 5.74) is 4.27. The van der Waals surface area contributed by atoms with Crippen molar-refractivity contribution in [2.45, 2.75) is 58.2 Å². The van der Waals surface area contributed by atoms with Crippen LogP contribution in [0.5, 0.6) is 0 Å². The third-order valence-electron chi connectivity index (χ3n) is 6.05. The van der Waals surface area contributed by atoms with E-state index in [2.05, 4.69) is 46.3 Å². The Morgan fingerprint density at radius 1 is 1.34 bits per heavy atom. The highest BCUT2D eigenvalue weighted by molar-refractivity contribution is 7.98. The van der Waals surface area contributed by atoms with Crippen LogP contribution in [-0.4, -0.2) is 45.9 Å². The van der Waals surface area contributed by atoms with Crippen LogP contribution in [0.4, 0.5) is 10.1 Å². The lowest BCUT2D eigenvalue weighted by Crippen LogP contribution is -2.56. The van der Waals surface area contributed by atoms with Gasteiger partial charge in [-0.15, -0.1) is 11.3 Å². The number of hydrogen-bond donors (Lipinski definition) is 0. The van der Waals surface area contributed by atoms with Gasteiger partial charge in [0.05, 0.1) is 22.4 Å². The molecule has 0 saturated carbocycles. The first kappa shape index (κ1) is 21.1. The van der Waals surface area contributed by atoms with Gasteiger partial charge in [-0.25, -0.2) is 13.7 Å². The Labute approximate surface area is 182 Å². The molecule has 0 radical (unpaired) electrons. The van der Waals surface area contributed by atoms with Crippen LogP contribution in [0.25, 0.3) is 0 Å². The minimum absolute atomic E-state index is 0.0476. The summed E-state index contributed by atoms with van der Waals surface area (Å²) in [7, 11) is 2.14. The third kappa shape index (κ3) is 4.48. The Balaban J connectivity index is 1.49. The number of aromatic nitrogens is 1. The average Bonchev–Trinajstić information content (AvgIpc) is 3.21. The lowest BCUT2D eigenvalue weighted by atomic mass is 9.82. The van der Waals surface area contributed by atoms with Gasteiger partial charge >= 0.3 is 0 Å². The second-order valence-corrected chi connectivity index (χ2v) is 11.1. The van der Waals surface area contributed by atoms with Crippen molar-refractivity contribution in [1.29, 1.82) is 0 Å². The van der Waals surface area contributed by atoms with E-state index >= 15 is 0 Å². The SMILES string of the molecule is CC(C)Cc1scnc1CN1CC[C@@]2(C[C@@H]1C)CN(C)SN2c1cccc(F)c1. The number of benzene rings is 1. The average molecular weight is 435 g/mol. The fourth-order valence-corrected chi connectivity index (χ4v) is 6.90. The highest BCUT2D eigenvalue weighted by atomic mass is 32.2. The second-order valence-electron chi connectivity index (χ2n) is 8.96. The molecule has 4 rings (SSSR count). The van der Waals surface area contributed by atoms with Crippen molar-refractivity contribution < 1.29 is 4.39 Å². The molecule has 2 aromatic rings. The van der Waals surface area contributed by atoms with Gasteiger partial charge in [-0.1, -0.05) is 19.9 Å². The zero-order chi connectivity index (χ0) is 20.6. The molecule has 2 fully saturated rings. The smallest absolute Gasteiger partial charge is 0.125 e. The van der Waals surface area contributed by atoms with E-state index in [4.69, 9.17) is 0 Å². The van der Waals surface area contributed by atoms with Crippen molar-refractivity contribution in [2.24, 2.45) is 5.92 Å². The number of thiazole rings is 1. The molecule has 4 nitrogen and oxygen atoms in total. The molecule has 158 valence electrons. The highest BCUT2D eigenvalue weighted by Gasteiger charge is 2.49. The number of likely N-dealkylation sites (tertiary alicyclic amines) is 1. The first-order chi connectivity index (χ1) is 13.9. The van der Waals surface area contributed by atoms with E-state index in [1.807, 2.05) is 17.6 Å². The standard InChI is InChI=1S/C22H31FN4S2/c1-16(2)10-21-20(24-15-28-21)13-26-9-8-22(12-17(26)3)14-25(4)29-27(22)19-7-5-6-18(23)11-19/h5-7,11,15-17H,8-10,12-14H2,1-4H3/t17-,22+/m0/s1. The van der Waals surface area contributed by atoms with E-state index in [-0.39, 0.29) is 11.4 Å². The van der Waals surface area contributed by atoms with Gasteiger partial charge in [0.25, 0.3) is 0 Å². The molecule has 2 saturated heterocycles. The van der Waals surface area contributed by atoms with Crippen LogP contribution in [0.1, 0.15) is 44.2 Å². The molecule has 0 unspecified atom stereocenters. The minimum Gasteiger partial charge on any atom is -0.296 e. The number of halogens is 1. The van der Waals surface area contributed by atoms with Gasteiger partial charge < -0.3 is 0 Å². The van der Waals surface area contributed by atoms with E-state index < -0.39 is 0 Å². The van der Waals surface area contributed by atoms with Crippen LogP contribution < -0.4 is 4.31 Å². The maximum atomic E-state index is 13.9. The third-order valence-corrected chi connectivity index (χ3v) is 8.11. The van der Waals surface area contributed by atoms with Gasteiger partial charge in [-0.3, -0.25) is 9.21 Å². The number of likely N-dealkylation sites (N-methyl/N-ethyl adjacent to an activating group) is 1. The quantitative estimate of drug-likeness (QED) is 0.600. The maximum Gasteiger partial charge on any atom is 0.125 e. The van der Waals surface area contributed by atoms with Crippen LogP contribution in [0.3, 0.4) is 0 Å². The molecule has 1 spiro atoms. The zero-order valence-corrected chi connectivity index (χ0v) is 19.4. The molecule has 29 heavy (non-hydrogen) atoms.